The Morgan fingerprint density at radius 3 is 2.83 bits per heavy atom. The van der Waals surface area contributed by atoms with Crippen LogP contribution in [0.25, 0.3) is 0 Å². The molecule has 0 aromatic carbocycles. The minimum absolute atomic E-state index is 0.147. The summed E-state index contributed by atoms with van der Waals surface area (Å²) in [6.07, 6.45) is 2.09. The van der Waals surface area contributed by atoms with Crippen LogP contribution in [0, 0.1) is 0 Å². The predicted octanol–water partition coefficient (Wildman–Crippen LogP) is 1.25. The number of carboxylic acid groups (broad SMARTS) is 1. The molecular formula is C12H16N2O3S. The summed E-state index contributed by atoms with van der Waals surface area (Å²) in [5.74, 6) is 0.286. The second kappa shape index (κ2) is 7.71. The highest BCUT2D eigenvalue weighted by molar-refractivity contribution is 7.98. The van der Waals surface area contributed by atoms with Crippen molar-refractivity contribution in [3.8, 4) is 0 Å². The largest absolute Gasteiger partial charge is 0.480 e. The topological polar surface area (TPSA) is 70.5 Å². The lowest BCUT2D eigenvalue weighted by atomic mass is 10.4. The van der Waals surface area contributed by atoms with Crippen molar-refractivity contribution < 1.29 is 14.7 Å². The van der Waals surface area contributed by atoms with Gasteiger partial charge in [0.2, 0.25) is 5.91 Å². The molecule has 0 bridgehead atoms. The predicted molar refractivity (Wildman–Crippen MR) is 70.3 cm³/mol. The summed E-state index contributed by atoms with van der Waals surface area (Å²) in [5, 5.41) is 8.55. The van der Waals surface area contributed by atoms with E-state index in [1.807, 2.05) is 18.2 Å². The van der Waals surface area contributed by atoms with Gasteiger partial charge in [0.1, 0.15) is 6.54 Å². The van der Waals surface area contributed by atoms with E-state index in [4.69, 9.17) is 5.11 Å². The van der Waals surface area contributed by atoms with E-state index in [1.165, 1.54) is 11.9 Å². The van der Waals surface area contributed by atoms with Crippen LogP contribution in [-0.4, -0.2) is 46.2 Å². The number of carboxylic acids is 1. The lowest BCUT2D eigenvalue weighted by Gasteiger charge is -2.13. The van der Waals surface area contributed by atoms with E-state index < -0.39 is 5.97 Å². The normalized spacial score (nSPS) is 10.1. The number of rotatable bonds is 7. The summed E-state index contributed by atoms with van der Waals surface area (Å²) in [7, 11) is 1.50. The first-order chi connectivity index (χ1) is 8.59. The third-order valence-corrected chi connectivity index (χ3v) is 3.23. The smallest absolute Gasteiger partial charge is 0.323 e. The van der Waals surface area contributed by atoms with Gasteiger partial charge in [0.15, 0.2) is 0 Å². The van der Waals surface area contributed by atoms with Gasteiger partial charge in [-0.25, -0.2) is 0 Å². The summed E-state index contributed by atoms with van der Waals surface area (Å²) in [6, 6.07) is 5.72. The molecule has 18 heavy (non-hydrogen) atoms. The summed E-state index contributed by atoms with van der Waals surface area (Å²) in [5.41, 5.74) is 0.980. The number of hydrogen-bond acceptors (Lipinski definition) is 4. The van der Waals surface area contributed by atoms with Gasteiger partial charge in [-0.1, -0.05) is 6.07 Å². The summed E-state index contributed by atoms with van der Waals surface area (Å²) < 4.78 is 0. The number of carbonyl (C=O) groups is 2. The SMILES string of the molecule is CN(CC(=O)O)C(=O)CCSCc1ccccn1. The van der Waals surface area contributed by atoms with E-state index in [-0.39, 0.29) is 12.5 Å². The lowest BCUT2D eigenvalue weighted by molar-refractivity contribution is -0.143. The van der Waals surface area contributed by atoms with E-state index >= 15 is 0 Å². The van der Waals surface area contributed by atoms with Crippen LogP contribution in [-0.2, 0) is 15.3 Å². The molecule has 0 spiro atoms. The maximum atomic E-state index is 11.5. The molecule has 0 saturated heterocycles. The van der Waals surface area contributed by atoms with Gasteiger partial charge >= 0.3 is 5.97 Å². The molecule has 0 aliphatic rings. The molecule has 0 fully saturated rings. The van der Waals surface area contributed by atoms with Crippen LogP contribution in [0.1, 0.15) is 12.1 Å². The zero-order valence-electron chi connectivity index (χ0n) is 10.2. The van der Waals surface area contributed by atoms with Gasteiger partial charge in [-0.2, -0.15) is 11.8 Å². The first-order valence-corrected chi connectivity index (χ1v) is 6.68. The molecule has 1 aromatic heterocycles. The number of nitrogens with zero attached hydrogens (tertiary/aromatic N) is 2. The number of carbonyl (C=O) groups excluding carboxylic acids is 1. The number of aromatic nitrogens is 1. The number of amides is 1. The zero-order valence-corrected chi connectivity index (χ0v) is 11.0. The van der Waals surface area contributed by atoms with Crippen molar-refractivity contribution >= 4 is 23.6 Å². The fraction of sp³-hybridized carbons (Fsp3) is 0.417. The monoisotopic (exact) mass is 268 g/mol. The Bertz CT molecular complexity index is 398. The highest BCUT2D eigenvalue weighted by atomic mass is 32.2. The zero-order chi connectivity index (χ0) is 13.4. The molecule has 0 atom stereocenters. The van der Waals surface area contributed by atoms with Crippen molar-refractivity contribution in [2.75, 3.05) is 19.3 Å². The molecule has 1 heterocycles. The van der Waals surface area contributed by atoms with Crippen molar-refractivity contribution in [1.82, 2.24) is 9.88 Å². The molecule has 98 valence electrons. The minimum Gasteiger partial charge on any atom is -0.480 e. The van der Waals surface area contributed by atoms with Crippen LogP contribution in [0.3, 0.4) is 0 Å². The molecule has 1 aromatic rings. The molecule has 0 aliphatic heterocycles. The lowest BCUT2D eigenvalue weighted by Crippen LogP contribution is -2.32. The Labute approximate surface area is 110 Å². The van der Waals surface area contributed by atoms with Gasteiger partial charge in [0.05, 0.1) is 5.69 Å². The van der Waals surface area contributed by atoms with Crippen molar-refractivity contribution in [3.63, 3.8) is 0 Å². The third kappa shape index (κ3) is 5.67. The number of thioether (sulfide) groups is 1. The van der Waals surface area contributed by atoms with Gasteiger partial charge in [-0.05, 0) is 12.1 Å². The molecular weight excluding hydrogens is 252 g/mol. The molecule has 1 rings (SSSR count). The fourth-order valence-corrected chi connectivity index (χ4v) is 2.14. The molecule has 1 amide bonds. The Morgan fingerprint density at radius 2 is 2.22 bits per heavy atom. The van der Waals surface area contributed by atoms with Crippen LogP contribution in [0.2, 0.25) is 0 Å². The van der Waals surface area contributed by atoms with Gasteiger partial charge in [-0.15, -0.1) is 0 Å². The average Bonchev–Trinajstić information content (AvgIpc) is 2.34. The quantitative estimate of drug-likeness (QED) is 0.754. The van der Waals surface area contributed by atoms with Crippen LogP contribution < -0.4 is 0 Å². The molecule has 0 aliphatic carbocycles. The van der Waals surface area contributed by atoms with E-state index in [0.717, 1.165) is 11.4 Å². The first kappa shape index (κ1) is 14.5. The highest BCUT2D eigenvalue weighted by Crippen LogP contribution is 2.11. The Balaban J connectivity index is 2.18. The maximum absolute atomic E-state index is 11.5. The van der Waals surface area contributed by atoms with Gasteiger partial charge < -0.3 is 10.0 Å². The molecule has 5 nitrogen and oxygen atoms in total. The summed E-state index contributed by atoms with van der Waals surface area (Å²) in [6.45, 7) is -0.246. The Hall–Kier alpha value is -1.56. The molecule has 0 saturated carbocycles. The van der Waals surface area contributed by atoms with Crippen molar-refractivity contribution in [1.29, 1.82) is 0 Å². The van der Waals surface area contributed by atoms with Gasteiger partial charge in [0.25, 0.3) is 0 Å². The number of aliphatic carboxylic acids is 1. The van der Waals surface area contributed by atoms with E-state index in [2.05, 4.69) is 4.98 Å². The van der Waals surface area contributed by atoms with E-state index in [1.54, 1.807) is 18.0 Å². The van der Waals surface area contributed by atoms with Crippen molar-refractivity contribution in [2.24, 2.45) is 0 Å². The van der Waals surface area contributed by atoms with Gasteiger partial charge in [0, 0.05) is 31.2 Å². The number of likely N-dealkylation sites (N-methyl/N-ethyl adjacent to an activating group) is 1. The molecule has 6 heteroatoms. The Morgan fingerprint density at radius 1 is 1.44 bits per heavy atom. The molecule has 0 unspecified atom stereocenters. The van der Waals surface area contributed by atoms with E-state index in [0.29, 0.717) is 12.2 Å². The maximum Gasteiger partial charge on any atom is 0.323 e. The number of pyridine rings is 1. The molecule has 0 radical (unpaired) electrons. The van der Waals surface area contributed by atoms with Gasteiger partial charge in [-0.3, -0.25) is 14.6 Å². The highest BCUT2D eigenvalue weighted by Gasteiger charge is 2.11. The minimum atomic E-state index is -0.994. The fourth-order valence-electron chi connectivity index (χ4n) is 1.30. The van der Waals surface area contributed by atoms with Crippen molar-refractivity contribution in [3.05, 3.63) is 30.1 Å². The standard InChI is InChI=1S/C12H16N2O3S/c1-14(8-12(16)17)11(15)5-7-18-9-10-4-2-3-6-13-10/h2-4,6H,5,7-9H2,1H3,(H,16,17). The second-order valence-corrected chi connectivity index (χ2v) is 4.87. The van der Waals surface area contributed by atoms with E-state index in [9.17, 15) is 9.59 Å². The number of hydrogen-bond donors (Lipinski definition) is 1. The second-order valence-electron chi connectivity index (χ2n) is 3.77. The van der Waals surface area contributed by atoms with Crippen LogP contribution in [0.15, 0.2) is 24.4 Å². The summed E-state index contributed by atoms with van der Waals surface area (Å²) >= 11 is 1.61. The summed E-state index contributed by atoms with van der Waals surface area (Å²) in [4.78, 5) is 27.3. The van der Waals surface area contributed by atoms with Crippen molar-refractivity contribution in [2.45, 2.75) is 12.2 Å². The Kier molecular flexibility index (Phi) is 6.21. The van der Waals surface area contributed by atoms with Crippen LogP contribution >= 0.6 is 11.8 Å². The third-order valence-electron chi connectivity index (χ3n) is 2.23. The average molecular weight is 268 g/mol. The first-order valence-electron chi connectivity index (χ1n) is 5.53. The molecule has 1 N–H and O–H groups in total. The van der Waals surface area contributed by atoms with Crippen LogP contribution in [0.4, 0.5) is 0 Å². The van der Waals surface area contributed by atoms with Crippen LogP contribution in [0.5, 0.6) is 0 Å².